The number of nitrogens with one attached hydrogen (secondary N) is 1. The van der Waals surface area contributed by atoms with Crippen LogP contribution in [0.2, 0.25) is 0 Å². The molecule has 1 N–H and O–H groups in total. The molecule has 1 heterocycles. The Balaban J connectivity index is 1.72. The van der Waals surface area contributed by atoms with Gasteiger partial charge >= 0.3 is 6.03 Å². The molecule has 2 fully saturated rings. The van der Waals surface area contributed by atoms with Crippen molar-refractivity contribution in [2.24, 2.45) is 0 Å². The lowest BCUT2D eigenvalue weighted by molar-refractivity contribution is 0.111. The van der Waals surface area contributed by atoms with Crippen LogP contribution in [0.4, 0.5) is 9.93 Å². The molecule has 5 nitrogen and oxygen atoms in total. The van der Waals surface area contributed by atoms with Gasteiger partial charge in [-0.25, -0.2) is 9.78 Å². The van der Waals surface area contributed by atoms with Crippen LogP contribution in [-0.4, -0.2) is 34.3 Å². The second-order valence-electron chi connectivity index (χ2n) is 6.62. The van der Waals surface area contributed by atoms with E-state index >= 15 is 0 Å². The van der Waals surface area contributed by atoms with Crippen molar-refractivity contribution >= 4 is 28.8 Å². The van der Waals surface area contributed by atoms with E-state index in [0.717, 1.165) is 25.7 Å². The Hall–Kier alpha value is -1.43. The second kappa shape index (κ2) is 7.90. The number of nitrogens with zero attached hydrogens (tertiary/aromatic N) is 2. The fourth-order valence-electron chi connectivity index (χ4n) is 3.90. The highest BCUT2D eigenvalue weighted by Crippen LogP contribution is 2.31. The summed E-state index contributed by atoms with van der Waals surface area (Å²) < 4.78 is 0. The number of carbonyl (C=O) groups excluding carboxylic acids is 2. The van der Waals surface area contributed by atoms with E-state index in [4.69, 9.17) is 0 Å². The molecule has 3 rings (SSSR count). The van der Waals surface area contributed by atoms with Crippen molar-refractivity contribution in [1.82, 2.24) is 9.88 Å². The first-order valence-electron chi connectivity index (χ1n) is 8.78. The van der Waals surface area contributed by atoms with Gasteiger partial charge in [0.25, 0.3) is 0 Å². The second-order valence-corrected chi connectivity index (χ2v) is 7.47. The molecule has 2 aliphatic carbocycles. The summed E-state index contributed by atoms with van der Waals surface area (Å²) in [5.41, 5.74) is 0.382. The molecule has 23 heavy (non-hydrogen) atoms. The molecule has 6 heteroatoms. The maximum Gasteiger partial charge on any atom is 0.324 e. The van der Waals surface area contributed by atoms with Crippen LogP contribution >= 0.6 is 11.3 Å². The Kier molecular flexibility index (Phi) is 5.65. The average Bonchev–Trinajstić information content (AvgIpc) is 3.04. The van der Waals surface area contributed by atoms with E-state index in [1.54, 1.807) is 5.38 Å². The Morgan fingerprint density at radius 2 is 1.65 bits per heavy atom. The van der Waals surface area contributed by atoms with E-state index in [1.165, 1.54) is 49.9 Å². The van der Waals surface area contributed by atoms with E-state index in [1.807, 2.05) is 0 Å². The number of hydrogen-bond donors (Lipinski definition) is 1. The molecule has 0 unspecified atom stereocenters. The molecule has 0 radical (unpaired) electrons. The van der Waals surface area contributed by atoms with E-state index < -0.39 is 0 Å². The van der Waals surface area contributed by atoms with Gasteiger partial charge in [-0.05, 0) is 25.7 Å². The van der Waals surface area contributed by atoms with Crippen molar-refractivity contribution in [3.05, 3.63) is 11.1 Å². The maximum atomic E-state index is 12.9. The van der Waals surface area contributed by atoms with Gasteiger partial charge in [-0.1, -0.05) is 38.5 Å². The van der Waals surface area contributed by atoms with Crippen molar-refractivity contribution in [3.8, 4) is 0 Å². The number of aromatic nitrogens is 1. The molecule has 0 aliphatic heterocycles. The number of rotatable bonds is 4. The predicted octanol–water partition coefficient (Wildman–Crippen LogP) is 4.45. The zero-order valence-electron chi connectivity index (χ0n) is 13.5. The van der Waals surface area contributed by atoms with Gasteiger partial charge in [0.05, 0.1) is 0 Å². The van der Waals surface area contributed by atoms with Crippen LogP contribution in [0.5, 0.6) is 0 Å². The highest BCUT2D eigenvalue weighted by Gasteiger charge is 2.32. The molecule has 1 aromatic heterocycles. The average molecular weight is 335 g/mol. The summed E-state index contributed by atoms with van der Waals surface area (Å²) in [4.78, 5) is 29.9. The lowest BCUT2D eigenvalue weighted by Crippen LogP contribution is -2.50. The number of carbonyl (C=O) groups is 2. The first-order valence-corrected chi connectivity index (χ1v) is 9.66. The summed E-state index contributed by atoms with van der Waals surface area (Å²) in [6.07, 6.45) is 12.6. The summed E-state index contributed by atoms with van der Waals surface area (Å²) in [6.45, 7) is 0. The maximum absolute atomic E-state index is 12.9. The third-order valence-corrected chi connectivity index (χ3v) is 5.80. The molecule has 2 saturated carbocycles. The summed E-state index contributed by atoms with van der Waals surface area (Å²) in [6, 6.07) is 0.685. The molecule has 0 atom stereocenters. The van der Waals surface area contributed by atoms with Crippen molar-refractivity contribution < 1.29 is 9.59 Å². The van der Waals surface area contributed by atoms with Crippen LogP contribution in [0.25, 0.3) is 0 Å². The van der Waals surface area contributed by atoms with Crippen molar-refractivity contribution in [1.29, 1.82) is 0 Å². The smallest absolute Gasteiger partial charge is 0.319 e. The fraction of sp³-hybridized carbons (Fsp3) is 0.706. The van der Waals surface area contributed by atoms with Crippen LogP contribution in [-0.2, 0) is 0 Å². The van der Waals surface area contributed by atoms with Crippen LogP contribution in [0.1, 0.15) is 74.7 Å². The third kappa shape index (κ3) is 4.10. The molecule has 1 aromatic rings. The number of anilines is 1. The Morgan fingerprint density at radius 1 is 1.09 bits per heavy atom. The molecule has 0 saturated heterocycles. The molecule has 0 spiro atoms. The lowest BCUT2D eigenvalue weighted by Gasteiger charge is -2.41. The van der Waals surface area contributed by atoms with Gasteiger partial charge in [0.15, 0.2) is 11.4 Å². The van der Waals surface area contributed by atoms with E-state index in [0.29, 0.717) is 29.2 Å². The summed E-state index contributed by atoms with van der Waals surface area (Å²) in [7, 11) is 0. The predicted molar refractivity (Wildman–Crippen MR) is 92.1 cm³/mol. The van der Waals surface area contributed by atoms with E-state index in [9.17, 15) is 9.59 Å². The zero-order valence-corrected chi connectivity index (χ0v) is 14.3. The first kappa shape index (κ1) is 16.4. The molecule has 2 aliphatic rings. The normalized spacial score (nSPS) is 20.2. The summed E-state index contributed by atoms with van der Waals surface area (Å²) >= 11 is 1.31. The Bertz CT molecular complexity index is 516. The Labute approximate surface area is 141 Å². The van der Waals surface area contributed by atoms with Crippen molar-refractivity contribution in [2.45, 2.75) is 76.3 Å². The highest BCUT2D eigenvalue weighted by molar-refractivity contribution is 7.14. The standard InChI is InChI=1S/C17H25N3O2S/c21-11-13-12-23-16(18-13)19-17(22)20(14-7-3-1-4-8-14)15-9-5-2-6-10-15/h11-12,14-15H,1-10H2,(H,18,19,22). The van der Waals surface area contributed by atoms with Crippen molar-refractivity contribution in [2.75, 3.05) is 5.32 Å². The number of amides is 2. The highest BCUT2D eigenvalue weighted by atomic mass is 32.1. The SMILES string of the molecule is O=Cc1csc(NC(=O)N(C2CCCCC2)C2CCCCC2)n1. The molecule has 0 aromatic carbocycles. The van der Waals surface area contributed by atoms with E-state index in [2.05, 4.69) is 15.2 Å². The minimum absolute atomic E-state index is 0.0319. The van der Waals surface area contributed by atoms with E-state index in [-0.39, 0.29) is 6.03 Å². The third-order valence-electron chi connectivity index (χ3n) is 5.03. The molecule has 126 valence electrons. The van der Waals surface area contributed by atoms with Gasteiger partial charge in [0, 0.05) is 17.5 Å². The quantitative estimate of drug-likeness (QED) is 0.827. The molecular weight excluding hydrogens is 310 g/mol. The fourth-order valence-corrected chi connectivity index (χ4v) is 4.55. The van der Waals surface area contributed by atoms with Gasteiger partial charge in [0.2, 0.25) is 0 Å². The largest absolute Gasteiger partial charge is 0.324 e. The number of hydrogen-bond acceptors (Lipinski definition) is 4. The van der Waals surface area contributed by atoms with Gasteiger partial charge < -0.3 is 4.90 Å². The van der Waals surface area contributed by atoms with Crippen LogP contribution in [0, 0.1) is 0 Å². The summed E-state index contributed by atoms with van der Waals surface area (Å²) in [5, 5.41) is 5.12. The lowest BCUT2D eigenvalue weighted by atomic mass is 9.89. The topological polar surface area (TPSA) is 62.3 Å². The first-order chi connectivity index (χ1) is 11.3. The van der Waals surface area contributed by atoms with Crippen molar-refractivity contribution in [3.63, 3.8) is 0 Å². The van der Waals surface area contributed by atoms with Crippen LogP contribution in [0.3, 0.4) is 0 Å². The zero-order chi connectivity index (χ0) is 16.1. The number of thiazole rings is 1. The number of urea groups is 1. The minimum atomic E-state index is -0.0319. The number of aldehydes is 1. The van der Waals surface area contributed by atoms with Gasteiger partial charge in [-0.3, -0.25) is 10.1 Å². The van der Waals surface area contributed by atoms with Gasteiger partial charge in [-0.15, -0.1) is 11.3 Å². The summed E-state index contributed by atoms with van der Waals surface area (Å²) in [5.74, 6) is 0. The van der Waals surface area contributed by atoms with Gasteiger partial charge in [0.1, 0.15) is 5.69 Å². The van der Waals surface area contributed by atoms with Crippen LogP contribution in [0.15, 0.2) is 5.38 Å². The molecule has 0 bridgehead atoms. The van der Waals surface area contributed by atoms with Crippen LogP contribution < -0.4 is 5.32 Å². The van der Waals surface area contributed by atoms with Gasteiger partial charge in [-0.2, -0.15) is 0 Å². The minimum Gasteiger partial charge on any atom is -0.319 e. The Morgan fingerprint density at radius 3 is 2.13 bits per heavy atom. The molecular formula is C17H25N3O2S. The molecule has 2 amide bonds. The monoisotopic (exact) mass is 335 g/mol.